The Labute approximate surface area is 208 Å². The first-order chi connectivity index (χ1) is 17.6. The van der Waals surface area contributed by atoms with Gasteiger partial charge in [-0.25, -0.2) is 0 Å². The summed E-state index contributed by atoms with van der Waals surface area (Å²) in [4.78, 5) is 43.8. The number of hydrogen-bond acceptors (Lipinski definition) is 13. The van der Waals surface area contributed by atoms with Crippen LogP contribution in [0.5, 0.6) is 0 Å². The maximum atomic E-state index is 11.4. The molecule has 1 saturated heterocycles. The molecule has 17 nitrogen and oxygen atoms in total. The van der Waals surface area contributed by atoms with Gasteiger partial charge in [0.05, 0.1) is 43.2 Å². The van der Waals surface area contributed by atoms with E-state index in [1.165, 1.54) is 12.1 Å². The number of non-ortho nitro benzene ring substituents is 2. The number of hydrogen-bond donors (Lipinski definition) is 2. The average molecular weight is 515 g/mol. The minimum Gasteiger partial charge on any atom is -0.303 e. The molecule has 37 heavy (non-hydrogen) atoms. The Hall–Kier alpha value is -5.06. The van der Waals surface area contributed by atoms with Crippen LogP contribution in [0.3, 0.4) is 0 Å². The summed E-state index contributed by atoms with van der Waals surface area (Å²) in [5.74, 6) is 0. The summed E-state index contributed by atoms with van der Waals surface area (Å²) >= 11 is 0. The molecule has 0 atom stereocenters. The SMILES string of the molecule is CCN1CCC(=NNc2ccc([N+](=O)[O-])cc2[N+](=O)[O-])/C(=N/Nc2ccc([N+](=O)[O-])cc2[N+](=O)[O-])CC1. The molecule has 0 radical (unpaired) electrons. The summed E-state index contributed by atoms with van der Waals surface area (Å²) in [5.41, 5.74) is 3.85. The Morgan fingerprint density at radius 2 is 1.14 bits per heavy atom. The molecule has 1 aliphatic rings. The van der Waals surface area contributed by atoms with Crippen molar-refractivity contribution in [3.8, 4) is 0 Å². The summed E-state index contributed by atoms with van der Waals surface area (Å²) < 4.78 is 0. The highest BCUT2D eigenvalue weighted by molar-refractivity contribution is 6.42. The first kappa shape index (κ1) is 26.5. The second kappa shape index (κ2) is 11.6. The summed E-state index contributed by atoms with van der Waals surface area (Å²) in [7, 11) is 0. The highest BCUT2D eigenvalue weighted by Gasteiger charge is 2.23. The molecule has 0 spiro atoms. The zero-order valence-corrected chi connectivity index (χ0v) is 19.4. The first-order valence-electron chi connectivity index (χ1n) is 10.8. The zero-order valence-electron chi connectivity index (χ0n) is 19.4. The molecule has 0 unspecified atom stereocenters. The van der Waals surface area contributed by atoms with Gasteiger partial charge in [-0.15, -0.1) is 0 Å². The quantitative estimate of drug-likeness (QED) is 0.362. The summed E-state index contributed by atoms with van der Waals surface area (Å²) in [6, 6.07) is 6.18. The monoisotopic (exact) mass is 515 g/mol. The minimum absolute atomic E-state index is 0.0713. The van der Waals surface area contributed by atoms with E-state index in [1.807, 2.05) is 6.92 Å². The van der Waals surface area contributed by atoms with Gasteiger partial charge in [-0.2, -0.15) is 10.2 Å². The third-order valence-electron chi connectivity index (χ3n) is 5.51. The van der Waals surface area contributed by atoms with Crippen LogP contribution in [0.25, 0.3) is 0 Å². The predicted octanol–water partition coefficient (Wildman–Crippen LogP) is 3.67. The molecule has 2 aromatic carbocycles. The highest BCUT2D eigenvalue weighted by atomic mass is 16.6. The van der Waals surface area contributed by atoms with Gasteiger partial charge in [0, 0.05) is 38.1 Å². The molecule has 1 aliphatic heterocycles. The predicted molar refractivity (Wildman–Crippen MR) is 133 cm³/mol. The van der Waals surface area contributed by atoms with Crippen LogP contribution in [0.1, 0.15) is 19.8 Å². The molecular weight excluding hydrogens is 494 g/mol. The lowest BCUT2D eigenvalue weighted by atomic mass is 10.1. The van der Waals surface area contributed by atoms with Crippen LogP contribution in [0, 0.1) is 40.5 Å². The van der Waals surface area contributed by atoms with Gasteiger partial charge in [0.15, 0.2) is 0 Å². The zero-order chi connectivity index (χ0) is 27.1. The van der Waals surface area contributed by atoms with Crippen molar-refractivity contribution in [2.24, 2.45) is 10.2 Å². The van der Waals surface area contributed by atoms with Crippen LogP contribution in [0.2, 0.25) is 0 Å². The number of likely N-dealkylation sites (tertiary alicyclic amines) is 1. The lowest BCUT2D eigenvalue weighted by Gasteiger charge is -2.15. The molecule has 3 rings (SSSR count). The largest absolute Gasteiger partial charge is 0.303 e. The van der Waals surface area contributed by atoms with Crippen molar-refractivity contribution >= 4 is 45.5 Å². The van der Waals surface area contributed by atoms with E-state index in [4.69, 9.17) is 0 Å². The molecule has 0 aromatic heterocycles. The first-order valence-corrected chi connectivity index (χ1v) is 10.8. The Kier molecular flexibility index (Phi) is 8.31. The van der Waals surface area contributed by atoms with Crippen molar-refractivity contribution in [1.82, 2.24) is 4.90 Å². The standard InChI is InChI=1S/C20H21N9O8/c1-2-25-9-7-15(21-23-17-5-3-13(26(30)31)11-19(17)28(34)35)16(8-10-25)22-24-18-6-4-14(27(32)33)12-20(18)29(36)37/h3-6,11-12,23-24H,2,7-10H2,1H3/b21-15+,22-16?. The molecule has 0 bridgehead atoms. The Morgan fingerprint density at radius 3 is 1.46 bits per heavy atom. The van der Waals surface area contributed by atoms with E-state index < -0.39 is 42.4 Å². The van der Waals surface area contributed by atoms with Crippen LogP contribution in [-0.2, 0) is 0 Å². The number of rotatable bonds is 9. The summed E-state index contributed by atoms with van der Waals surface area (Å²) in [5, 5.41) is 53.3. The second-order valence-corrected chi connectivity index (χ2v) is 7.71. The van der Waals surface area contributed by atoms with Crippen molar-refractivity contribution in [1.29, 1.82) is 0 Å². The molecule has 1 fully saturated rings. The van der Waals surface area contributed by atoms with Crippen molar-refractivity contribution in [3.63, 3.8) is 0 Å². The fourth-order valence-corrected chi connectivity index (χ4v) is 3.50. The van der Waals surface area contributed by atoms with E-state index in [2.05, 4.69) is 26.0 Å². The molecule has 194 valence electrons. The van der Waals surface area contributed by atoms with Gasteiger partial charge in [-0.05, 0) is 18.7 Å². The maximum absolute atomic E-state index is 11.4. The number of nitro benzene ring substituents is 4. The average Bonchev–Trinajstić information content (AvgIpc) is 3.07. The smallest absolute Gasteiger partial charge is 0.301 e. The fourth-order valence-electron chi connectivity index (χ4n) is 3.50. The molecule has 0 saturated carbocycles. The van der Waals surface area contributed by atoms with Gasteiger partial charge >= 0.3 is 11.4 Å². The van der Waals surface area contributed by atoms with E-state index in [0.717, 1.165) is 30.8 Å². The molecule has 2 aromatic rings. The topological polar surface area (TPSA) is 225 Å². The van der Waals surface area contributed by atoms with Crippen molar-refractivity contribution in [3.05, 3.63) is 76.9 Å². The van der Waals surface area contributed by atoms with Gasteiger partial charge in [0.2, 0.25) is 0 Å². The number of nitrogens with zero attached hydrogens (tertiary/aromatic N) is 7. The van der Waals surface area contributed by atoms with E-state index in [1.54, 1.807) is 0 Å². The molecular formula is C20H21N9O8. The molecule has 17 heteroatoms. The van der Waals surface area contributed by atoms with E-state index in [9.17, 15) is 40.5 Å². The Morgan fingerprint density at radius 1 is 0.730 bits per heavy atom. The van der Waals surface area contributed by atoms with Crippen molar-refractivity contribution < 1.29 is 19.7 Å². The minimum atomic E-state index is -0.772. The van der Waals surface area contributed by atoms with Gasteiger partial charge in [-0.1, -0.05) is 6.92 Å². The van der Waals surface area contributed by atoms with Gasteiger partial charge < -0.3 is 4.90 Å². The summed E-state index contributed by atoms with van der Waals surface area (Å²) in [6.07, 6.45) is 0.759. The number of nitro groups is 4. The normalized spacial score (nSPS) is 16.2. The molecule has 0 aliphatic carbocycles. The molecule has 1 heterocycles. The number of hydrazone groups is 2. The van der Waals surface area contributed by atoms with Crippen LogP contribution >= 0.6 is 0 Å². The highest BCUT2D eigenvalue weighted by Crippen LogP contribution is 2.30. The lowest BCUT2D eigenvalue weighted by Crippen LogP contribution is -2.24. The van der Waals surface area contributed by atoms with Crippen LogP contribution in [0.15, 0.2) is 46.6 Å². The van der Waals surface area contributed by atoms with Crippen molar-refractivity contribution in [2.45, 2.75) is 19.8 Å². The van der Waals surface area contributed by atoms with E-state index >= 15 is 0 Å². The fraction of sp³-hybridized carbons (Fsp3) is 0.300. The molecule has 2 N–H and O–H groups in total. The number of benzene rings is 2. The Balaban J connectivity index is 1.95. The second-order valence-electron chi connectivity index (χ2n) is 7.71. The van der Waals surface area contributed by atoms with Crippen LogP contribution in [-0.4, -0.2) is 55.7 Å². The van der Waals surface area contributed by atoms with E-state index in [-0.39, 0.29) is 11.4 Å². The summed E-state index contributed by atoms with van der Waals surface area (Å²) in [6.45, 7) is 3.89. The van der Waals surface area contributed by atoms with Crippen molar-refractivity contribution in [2.75, 3.05) is 30.5 Å². The molecule has 0 amide bonds. The van der Waals surface area contributed by atoms with Crippen LogP contribution < -0.4 is 10.9 Å². The number of anilines is 2. The maximum Gasteiger partial charge on any atom is 0.301 e. The third-order valence-corrected chi connectivity index (χ3v) is 5.51. The van der Waals surface area contributed by atoms with Gasteiger partial charge in [0.1, 0.15) is 11.4 Å². The lowest BCUT2D eigenvalue weighted by molar-refractivity contribution is -0.393. The van der Waals surface area contributed by atoms with Crippen LogP contribution in [0.4, 0.5) is 34.1 Å². The number of nitrogens with one attached hydrogen (secondary N) is 2. The van der Waals surface area contributed by atoms with Gasteiger partial charge in [-0.3, -0.25) is 51.3 Å². The van der Waals surface area contributed by atoms with E-state index in [0.29, 0.717) is 37.4 Å². The Bertz CT molecular complexity index is 1210. The third kappa shape index (κ3) is 6.54. The van der Waals surface area contributed by atoms with Gasteiger partial charge in [0.25, 0.3) is 11.4 Å².